The van der Waals surface area contributed by atoms with Crippen molar-refractivity contribution in [3.05, 3.63) is 41.7 Å². The minimum atomic E-state index is -1.07. The molecule has 1 aromatic carbocycles. The van der Waals surface area contributed by atoms with Crippen molar-refractivity contribution in [2.75, 3.05) is 18.0 Å². The van der Waals surface area contributed by atoms with E-state index < -0.39 is 6.09 Å². The number of nitrogens with zero attached hydrogens (tertiary/aromatic N) is 2. The second-order valence-corrected chi connectivity index (χ2v) is 8.35. The molecule has 2 atom stereocenters. The van der Waals surface area contributed by atoms with Gasteiger partial charge in [0.2, 0.25) is 5.91 Å². The van der Waals surface area contributed by atoms with Crippen LogP contribution in [0.15, 0.2) is 34.7 Å². The summed E-state index contributed by atoms with van der Waals surface area (Å²) in [7, 11) is 0. The number of nitrogens with one attached hydrogen (secondary N) is 1. The van der Waals surface area contributed by atoms with Crippen molar-refractivity contribution in [1.29, 1.82) is 0 Å². The highest BCUT2D eigenvalue weighted by atomic mass is 16.4. The van der Waals surface area contributed by atoms with Crippen LogP contribution in [-0.2, 0) is 11.3 Å². The highest BCUT2D eigenvalue weighted by Gasteiger charge is 2.33. The molecule has 7 heteroatoms. The van der Waals surface area contributed by atoms with Crippen LogP contribution >= 0.6 is 0 Å². The summed E-state index contributed by atoms with van der Waals surface area (Å²) in [6.45, 7) is 6.50. The molecular weight excluding hydrogens is 382 g/mol. The molecule has 0 radical (unpaired) electrons. The first-order chi connectivity index (χ1) is 14.4. The second kappa shape index (κ2) is 8.52. The number of carbonyl (C=O) groups excluding carboxylic acids is 1. The van der Waals surface area contributed by atoms with Crippen molar-refractivity contribution >= 4 is 17.7 Å². The molecule has 4 rings (SSSR count). The number of furan rings is 1. The van der Waals surface area contributed by atoms with Crippen LogP contribution in [0.2, 0.25) is 0 Å². The second-order valence-electron chi connectivity index (χ2n) is 8.35. The molecule has 0 bridgehead atoms. The Labute approximate surface area is 176 Å². The molecule has 1 aromatic heterocycles. The van der Waals surface area contributed by atoms with Crippen LogP contribution in [0.1, 0.15) is 56.9 Å². The fourth-order valence-corrected chi connectivity index (χ4v) is 4.74. The Morgan fingerprint density at radius 1 is 1.17 bits per heavy atom. The Kier molecular flexibility index (Phi) is 5.81. The molecule has 1 saturated heterocycles. The quantitative estimate of drug-likeness (QED) is 0.779. The maximum Gasteiger partial charge on any atom is 0.405 e. The van der Waals surface area contributed by atoms with Gasteiger partial charge in [0.15, 0.2) is 0 Å². The number of carbonyl (C=O) groups is 2. The van der Waals surface area contributed by atoms with Gasteiger partial charge in [-0.2, -0.15) is 0 Å². The summed E-state index contributed by atoms with van der Waals surface area (Å²) < 4.78 is 6.12. The lowest BCUT2D eigenvalue weighted by Crippen LogP contribution is -2.45. The van der Waals surface area contributed by atoms with E-state index in [-0.39, 0.29) is 18.0 Å². The SMILES string of the molecule is CC(=O)N1c2ccc(-c3ccc(CN4CCCCC4)o3)cc2[C@@H](NC(=O)O)C[C@H]1C. The molecule has 2 aromatic rings. The lowest BCUT2D eigenvalue weighted by Gasteiger charge is -2.39. The van der Waals surface area contributed by atoms with E-state index >= 15 is 0 Å². The van der Waals surface area contributed by atoms with Crippen LogP contribution in [0.25, 0.3) is 11.3 Å². The van der Waals surface area contributed by atoms with Crippen molar-refractivity contribution in [3.8, 4) is 11.3 Å². The Morgan fingerprint density at radius 2 is 1.93 bits per heavy atom. The van der Waals surface area contributed by atoms with E-state index in [0.29, 0.717) is 6.42 Å². The molecule has 2 aliphatic heterocycles. The van der Waals surface area contributed by atoms with E-state index in [4.69, 9.17) is 4.42 Å². The van der Waals surface area contributed by atoms with E-state index in [9.17, 15) is 14.7 Å². The number of hydrogen-bond donors (Lipinski definition) is 2. The van der Waals surface area contributed by atoms with Gasteiger partial charge in [-0.15, -0.1) is 0 Å². The third kappa shape index (κ3) is 4.21. The van der Waals surface area contributed by atoms with Gasteiger partial charge in [0.05, 0.1) is 12.6 Å². The largest absolute Gasteiger partial charge is 0.465 e. The lowest BCUT2D eigenvalue weighted by molar-refractivity contribution is -0.117. The number of anilines is 1. The number of rotatable bonds is 4. The number of amides is 2. The van der Waals surface area contributed by atoms with Crippen LogP contribution in [0.4, 0.5) is 10.5 Å². The molecule has 160 valence electrons. The maximum atomic E-state index is 12.2. The van der Waals surface area contributed by atoms with E-state index in [2.05, 4.69) is 10.2 Å². The predicted octanol–water partition coefficient (Wildman–Crippen LogP) is 4.39. The number of hydrogen-bond acceptors (Lipinski definition) is 4. The zero-order valence-corrected chi connectivity index (χ0v) is 17.6. The van der Waals surface area contributed by atoms with Gasteiger partial charge in [-0.3, -0.25) is 9.69 Å². The summed E-state index contributed by atoms with van der Waals surface area (Å²) in [6, 6.07) is 9.30. The maximum absolute atomic E-state index is 12.2. The number of benzene rings is 1. The van der Waals surface area contributed by atoms with Crippen LogP contribution < -0.4 is 10.2 Å². The third-order valence-corrected chi connectivity index (χ3v) is 6.09. The Hall–Kier alpha value is -2.80. The number of likely N-dealkylation sites (tertiary alicyclic amines) is 1. The average Bonchev–Trinajstić information content (AvgIpc) is 3.16. The summed E-state index contributed by atoms with van der Waals surface area (Å²) in [5.41, 5.74) is 2.44. The Morgan fingerprint density at radius 3 is 2.63 bits per heavy atom. The topological polar surface area (TPSA) is 86.0 Å². The highest BCUT2D eigenvalue weighted by Crippen LogP contribution is 2.40. The molecule has 0 aliphatic carbocycles. The molecule has 2 amide bonds. The van der Waals surface area contributed by atoms with Crippen molar-refractivity contribution < 1.29 is 19.1 Å². The minimum absolute atomic E-state index is 0.0490. The molecule has 2 N–H and O–H groups in total. The molecular formula is C23H29N3O4. The summed E-state index contributed by atoms with van der Waals surface area (Å²) in [6.07, 6.45) is 3.24. The standard InChI is InChI=1S/C23H29N3O4/c1-15-12-20(24-23(28)29)19-13-17(6-8-21(19)26(15)16(2)27)22-9-7-18(30-22)14-25-10-4-3-5-11-25/h6-9,13,15,20,24H,3-5,10-12,14H2,1-2H3,(H,28,29)/t15-,20+/m1/s1. The molecule has 30 heavy (non-hydrogen) atoms. The predicted molar refractivity (Wildman–Crippen MR) is 114 cm³/mol. The third-order valence-electron chi connectivity index (χ3n) is 6.09. The van der Waals surface area contributed by atoms with Gasteiger partial charge < -0.3 is 19.7 Å². The minimum Gasteiger partial charge on any atom is -0.465 e. The zero-order valence-electron chi connectivity index (χ0n) is 17.6. The summed E-state index contributed by atoms with van der Waals surface area (Å²) >= 11 is 0. The summed E-state index contributed by atoms with van der Waals surface area (Å²) in [5, 5.41) is 11.9. The molecule has 3 heterocycles. The smallest absolute Gasteiger partial charge is 0.405 e. The van der Waals surface area contributed by atoms with Crippen LogP contribution in [0.3, 0.4) is 0 Å². The van der Waals surface area contributed by atoms with Gasteiger partial charge in [-0.05, 0) is 75.2 Å². The molecule has 2 aliphatic rings. The molecule has 0 saturated carbocycles. The van der Waals surface area contributed by atoms with Crippen LogP contribution in [0, 0.1) is 0 Å². The highest BCUT2D eigenvalue weighted by molar-refractivity contribution is 5.94. The van der Waals surface area contributed by atoms with Gasteiger partial charge in [0, 0.05) is 24.2 Å². The summed E-state index contributed by atoms with van der Waals surface area (Å²) in [5.74, 6) is 1.64. The normalized spacial score (nSPS) is 21.9. The van der Waals surface area contributed by atoms with Crippen molar-refractivity contribution in [3.63, 3.8) is 0 Å². The zero-order chi connectivity index (χ0) is 21.3. The molecule has 1 fully saturated rings. The van der Waals surface area contributed by atoms with Gasteiger partial charge in [-0.1, -0.05) is 6.42 Å². The first-order valence-electron chi connectivity index (χ1n) is 10.7. The summed E-state index contributed by atoms with van der Waals surface area (Å²) in [4.78, 5) is 27.7. The van der Waals surface area contributed by atoms with E-state index in [0.717, 1.165) is 48.0 Å². The fraction of sp³-hybridized carbons (Fsp3) is 0.478. The molecule has 0 spiro atoms. The van der Waals surface area contributed by atoms with Gasteiger partial charge in [0.1, 0.15) is 11.5 Å². The first kappa shape index (κ1) is 20.5. The van der Waals surface area contributed by atoms with Gasteiger partial charge >= 0.3 is 6.09 Å². The average molecular weight is 412 g/mol. The number of carboxylic acid groups (broad SMARTS) is 1. The van der Waals surface area contributed by atoms with Gasteiger partial charge in [-0.25, -0.2) is 4.79 Å². The van der Waals surface area contributed by atoms with Gasteiger partial charge in [0.25, 0.3) is 0 Å². The lowest BCUT2D eigenvalue weighted by atomic mass is 9.90. The van der Waals surface area contributed by atoms with E-state index in [1.54, 1.807) is 11.8 Å². The van der Waals surface area contributed by atoms with Crippen molar-refractivity contribution in [2.24, 2.45) is 0 Å². The van der Waals surface area contributed by atoms with Crippen LogP contribution in [0.5, 0.6) is 0 Å². The monoisotopic (exact) mass is 411 g/mol. The molecule has 7 nitrogen and oxygen atoms in total. The van der Waals surface area contributed by atoms with Crippen molar-refractivity contribution in [1.82, 2.24) is 10.2 Å². The first-order valence-corrected chi connectivity index (χ1v) is 10.7. The van der Waals surface area contributed by atoms with Crippen molar-refractivity contribution in [2.45, 2.75) is 58.2 Å². The molecule has 0 unspecified atom stereocenters. The Balaban J connectivity index is 1.63. The Bertz CT molecular complexity index is 932. The van der Waals surface area contributed by atoms with E-state index in [1.165, 1.54) is 19.3 Å². The number of fused-ring (bicyclic) bond motifs is 1. The number of piperidine rings is 1. The van der Waals surface area contributed by atoms with Crippen LogP contribution in [-0.4, -0.2) is 41.1 Å². The van der Waals surface area contributed by atoms with E-state index in [1.807, 2.05) is 37.3 Å². The fourth-order valence-electron chi connectivity index (χ4n) is 4.74.